The van der Waals surface area contributed by atoms with Crippen LogP contribution in [0.3, 0.4) is 0 Å². The minimum atomic E-state index is -1.57. The van der Waals surface area contributed by atoms with E-state index in [9.17, 15) is 24.8 Å². The van der Waals surface area contributed by atoms with Gasteiger partial charge in [0.25, 0.3) is 5.69 Å². The number of aliphatic carboxylic acids is 1. The van der Waals surface area contributed by atoms with Gasteiger partial charge < -0.3 is 24.6 Å². The Morgan fingerprint density at radius 3 is 2.38 bits per heavy atom. The lowest BCUT2D eigenvalue weighted by Gasteiger charge is -2.23. The molecule has 1 aliphatic heterocycles. The molecule has 112 valence electrons. The van der Waals surface area contributed by atoms with Gasteiger partial charge in [0.1, 0.15) is 24.0 Å². The standard InChI is InChI=1S/C12H12N2O7/c15-11(16)10-5-9(6-13(10)12(17)18)21-8-3-1-7(2-4-8)14(19)20/h1-4,9-10H,5-6H2,(H,15,16)(H,17,18)/p-1. The first-order valence-electron chi connectivity index (χ1n) is 6.00. The molecule has 9 heteroatoms. The van der Waals surface area contributed by atoms with Gasteiger partial charge in [-0.1, -0.05) is 0 Å². The van der Waals surface area contributed by atoms with Gasteiger partial charge >= 0.3 is 5.97 Å². The molecule has 1 fully saturated rings. The summed E-state index contributed by atoms with van der Waals surface area (Å²) >= 11 is 0. The summed E-state index contributed by atoms with van der Waals surface area (Å²) in [6.45, 7) is -0.129. The SMILES string of the molecule is O=C(O)C1CC(Oc2ccc([N+](=O)[O-])cc2)CN1C(=O)[O-]. The van der Waals surface area contributed by atoms with Crippen molar-refractivity contribution in [1.29, 1.82) is 0 Å². The van der Waals surface area contributed by atoms with Gasteiger partial charge in [0.05, 0.1) is 11.5 Å². The zero-order valence-corrected chi connectivity index (χ0v) is 10.7. The third kappa shape index (κ3) is 3.19. The Morgan fingerprint density at radius 1 is 1.33 bits per heavy atom. The molecule has 1 aliphatic rings. The minimum Gasteiger partial charge on any atom is -0.530 e. The van der Waals surface area contributed by atoms with Crippen LogP contribution >= 0.6 is 0 Å². The van der Waals surface area contributed by atoms with Crippen LogP contribution in [-0.4, -0.2) is 45.7 Å². The van der Waals surface area contributed by atoms with Crippen molar-refractivity contribution >= 4 is 17.7 Å². The molecule has 1 saturated heterocycles. The first-order valence-corrected chi connectivity index (χ1v) is 6.00. The van der Waals surface area contributed by atoms with Crippen LogP contribution in [0.4, 0.5) is 10.5 Å². The third-order valence-electron chi connectivity index (χ3n) is 3.13. The molecule has 1 heterocycles. The second-order valence-electron chi connectivity index (χ2n) is 4.50. The van der Waals surface area contributed by atoms with Crippen molar-refractivity contribution in [3.05, 3.63) is 34.4 Å². The molecule has 0 saturated carbocycles. The fourth-order valence-corrected chi connectivity index (χ4v) is 2.16. The van der Waals surface area contributed by atoms with Crippen LogP contribution in [0.5, 0.6) is 5.75 Å². The van der Waals surface area contributed by atoms with Crippen molar-refractivity contribution in [3.63, 3.8) is 0 Å². The molecular formula is C12H11N2O7-. The molecule has 0 aromatic heterocycles. The summed E-state index contributed by atoms with van der Waals surface area (Å²) in [5, 5.41) is 30.3. The summed E-state index contributed by atoms with van der Waals surface area (Å²) in [7, 11) is 0. The van der Waals surface area contributed by atoms with E-state index >= 15 is 0 Å². The second-order valence-corrected chi connectivity index (χ2v) is 4.50. The highest BCUT2D eigenvalue weighted by Crippen LogP contribution is 2.24. The van der Waals surface area contributed by atoms with Crippen molar-refractivity contribution in [2.24, 2.45) is 0 Å². The summed E-state index contributed by atoms with van der Waals surface area (Å²) < 4.78 is 5.45. The van der Waals surface area contributed by atoms with Crippen molar-refractivity contribution in [1.82, 2.24) is 4.90 Å². The molecule has 1 aromatic carbocycles. The van der Waals surface area contributed by atoms with Crippen LogP contribution in [0.25, 0.3) is 0 Å². The Balaban J connectivity index is 2.05. The van der Waals surface area contributed by atoms with Crippen molar-refractivity contribution < 1.29 is 29.5 Å². The van der Waals surface area contributed by atoms with E-state index in [1.165, 1.54) is 24.3 Å². The summed E-state index contributed by atoms with van der Waals surface area (Å²) in [5.74, 6) is -0.969. The Hall–Kier alpha value is -2.84. The van der Waals surface area contributed by atoms with Gasteiger partial charge in [0.2, 0.25) is 0 Å². The number of hydrogen-bond donors (Lipinski definition) is 1. The van der Waals surface area contributed by atoms with E-state index in [1.807, 2.05) is 0 Å². The number of nitro benzene ring substituents is 1. The lowest BCUT2D eigenvalue weighted by atomic mass is 10.2. The number of rotatable bonds is 4. The number of hydrogen-bond acceptors (Lipinski definition) is 6. The van der Waals surface area contributed by atoms with E-state index in [2.05, 4.69) is 0 Å². The average molecular weight is 295 g/mol. The summed E-state index contributed by atoms with van der Waals surface area (Å²) in [6.07, 6.45) is -2.23. The first-order chi connectivity index (χ1) is 9.88. The number of carboxylic acids is 1. The van der Waals surface area contributed by atoms with Gasteiger partial charge in [0, 0.05) is 18.6 Å². The highest BCUT2D eigenvalue weighted by Gasteiger charge is 2.38. The van der Waals surface area contributed by atoms with Crippen molar-refractivity contribution in [2.75, 3.05) is 6.54 Å². The van der Waals surface area contributed by atoms with Crippen LogP contribution in [-0.2, 0) is 4.79 Å². The number of carbonyl (C=O) groups excluding carboxylic acids is 1. The van der Waals surface area contributed by atoms with E-state index < -0.39 is 29.1 Å². The van der Waals surface area contributed by atoms with E-state index in [-0.39, 0.29) is 18.7 Å². The second kappa shape index (κ2) is 5.65. The molecule has 0 bridgehead atoms. The van der Waals surface area contributed by atoms with Gasteiger partial charge in [-0.15, -0.1) is 0 Å². The highest BCUT2D eigenvalue weighted by molar-refractivity contribution is 5.79. The maximum absolute atomic E-state index is 11.0. The Morgan fingerprint density at radius 2 is 1.95 bits per heavy atom. The normalized spacial score (nSPS) is 21.0. The molecular weight excluding hydrogens is 284 g/mol. The van der Waals surface area contributed by atoms with Crippen LogP contribution < -0.4 is 9.84 Å². The summed E-state index contributed by atoms with van der Waals surface area (Å²) in [5.41, 5.74) is -0.103. The monoisotopic (exact) mass is 295 g/mol. The molecule has 0 radical (unpaired) electrons. The summed E-state index contributed by atoms with van der Waals surface area (Å²) in [4.78, 5) is 32.5. The fraction of sp³-hybridized carbons (Fsp3) is 0.333. The van der Waals surface area contributed by atoms with Crippen LogP contribution in [0.1, 0.15) is 6.42 Å². The average Bonchev–Trinajstić information content (AvgIpc) is 2.83. The van der Waals surface area contributed by atoms with Gasteiger partial charge in [-0.25, -0.2) is 4.79 Å². The maximum Gasteiger partial charge on any atom is 0.326 e. The largest absolute Gasteiger partial charge is 0.530 e. The van der Waals surface area contributed by atoms with Gasteiger partial charge in [0.15, 0.2) is 0 Å². The van der Waals surface area contributed by atoms with Gasteiger partial charge in [-0.2, -0.15) is 0 Å². The Labute approximate surface area is 118 Å². The van der Waals surface area contributed by atoms with Crippen LogP contribution in [0.15, 0.2) is 24.3 Å². The van der Waals surface area contributed by atoms with Crippen molar-refractivity contribution in [2.45, 2.75) is 18.6 Å². The number of non-ortho nitro benzene ring substituents is 1. The molecule has 2 unspecified atom stereocenters. The highest BCUT2D eigenvalue weighted by atomic mass is 16.6. The predicted molar refractivity (Wildman–Crippen MR) is 65.7 cm³/mol. The molecule has 0 aliphatic carbocycles. The minimum absolute atomic E-state index is 0.0136. The number of likely N-dealkylation sites (tertiary alicyclic amines) is 1. The quantitative estimate of drug-likeness (QED) is 0.602. The molecule has 9 nitrogen and oxygen atoms in total. The fourth-order valence-electron chi connectivity index (χ4n) is 2.16. The zero-order valence-electron chi connectivity index (χ0n) is 10.7. The van der Waals surface area contributed by atoms with Gasteiger partial charge in [-0.3, -0.25) is 10.1 Å². The molecule has 1 aromatic rings. The topological polar surface area (TPSA) is 133 Å². The number of ether oxygens (including phenoxy) is 1. The third-order valence-corrected chi connectivity index (χ3v) is 3.13. The Bertz CT molecular complexity index is 549. The smallest absolute Gasteiger partial charge is 0.326 e. The van der Waals surface area contributed by atoms with E-state index in [1.54, 1.807) is 0 Å². The Kier molecular flexibility index (Phi) is 3.92. The number of benzene rings is 1. The molecule has 1 amide bonds. The molecule has 2 rings (SSSR count). The van der Waals surface area contributed by atoms with E-state index in [0.717, 1.165) is 0 Å². The zero-order chi connectivity index (χ0) is 15.6. The number of carbonyl (C=O) groups is 2. The lowest BCUT2D eigenvalue weighted by molar-refractivity contribution is -0.384. The van der Waals surface area contributed by atoms with Crippen LogP contribution in [0, 0.1) is 10.1 Å². The maximum atomic E-state index is 11.0. The van der Waals surface area contributed by atoms with Gasteiger partial charge in [-0.05, 0) is 12.1 Å². The molecule has 2 atom stereocenters. The molecule has 0 spiro atoms. The number of nitro groups is 1. The van der Waals surface area contributed by atoms with Crippen LogP contribution in [0.2, 0.25) is 0 Å². The number of nitrogens with zero attached hydrogens (tertiary/aromatic N) is 2. The van der Waals surface area contributed by atoms with Crippen molar-refractivity contribution in [3.8, 4) is 5.75 Å². The number of carboxylic acid groups (broad SMARTS) is 2. The number of amides is 1. The first kappa shape index (κ1) is 14.6. The van der Waals surface area contributed by atoms with E-state index in [0.29, 0.717) is 10.6 Å². The van der Waals surface area contributed by atoms with E-state index in [4.69, 9.17) is 9.84 Å². The molecule has 21 heavy (non-hydrogen) atoms. The molecule has 1 N–H and O–H groups in total. The predicted octanol–water partition coefficient (Wildman–Crippen LogP) is -0.156. The lowest BCUT2D eigenvalue weighted by Crippen LogP contribution is -2.47. The summed E-state index contributed by atoms with van der Waals surface area (Å²) in [6, 6.07) is 4.02.